The first-order chi connectivity index (χ1) is 13.5. The summed E-state index contributed by atoms with van der Waals surface area (Å²) in [6, 6.07) is 7.95. The molecule has 9 heteroatoms. The van der Waals surface area contributed by atoms with E-state index in [0.29, 0.717) is 39.3 Å². The van der Waals surface area contributed by atoms with E-state index in [9.17, 15) is 18.0 Å². The van der Waals surface area contributed by atoms with Crippen molar-refractivity contribution in [2.45, 2.75) is 24.2 Å². The quantitative estimate of drug-likeness (QED) is 0.636. The van der Waals surface area contributed by atoms with Gasteiger partial charge in [0.1, 0.15) is 11.6 Å². The number of carbonyl (C=O) groups is 2. The molecular weight excluding hydrogens is 394 g/mol. The highest BCUT2D eigenvalue weighted by molar-refractivity contribution is 7.90. The van der Waals surface area contributed by atoms with Crippen molar-refractivity contribution in [3.05, 3.63) is 41.5 Å². The van der Waals surface area contributed by atoms with Crippen molar-refractivity contribution in [2.75, 3.05) is 13.4 Å². The Hall–Kier alpha value is -3.20. The van der Waals surface area contributed by atoms with Crippen molar-refractivity contribution >= 4 is 32.7 Å². The van der Waals surface area contributed by atoms with Crippen LogP contribution in [0.3, 0.4) is 0 Å². The third-order valence-corrected chi connectivity index (χ3v) is 6.30. The first-order valence-corrected chi connectivity index (χ1v) is 10.7. The molecule has 2 amide bonds. The summed E-state index contributed by atoms with van der Waals surface area (Å²) in [4.78, 5) is 32.4. The van der Waals surface area contributed by atoms with E-state index < -0.39 is 21.2 Å². The summed E-state index contributed by atoms with van der Waals surface area (Å²) in [5, 5.41) is 2.37. The fraction of sp³-hybridized carbons (Fsp3) is 0.250. The zero-order chi connectivity index (χ0) is 21.1. The molecule has 0 bridgehead atoms. The van der Waals surface area contributed by atoms with Crippen LogP contribution in [-0.2, 0) is 20.0 Å². The maximum absolute atomic E-state index is 12.3. The molecular formula is C20H19N3O5S. The molecule has 4 rings (SSSR count). The number of carbonyl (C=O) groups excluding carboxylic acids is 2. The predicted octanol–water partition coefficient (Wildman–Crippen LogP) is 2.19. The Morgan fingerprint density at radius 3 is 2.45 bits per heavy atom. The minimum absolute atomic E-state index is 0.140. The summed E-state index contributed by atoms with van der Waals surface area (Å²) in [7, 11) is -1.93. The van der Waals surface area contributed by atoms with Gasteiger partial charge in [-0.2, -0.15) is 0 Å². The molecule has 0 saturated heterocycles. The lowest BCUT2D eigenvalue weighted by molar-refractivity contribution is -0.125. The predicted molar refractivity (Wildman–Crippen MR) is 107 cm³/mol. The number of imide groups is 1. The Labute approximate surface area is 167 Å². The number of ether oxygens (including phenoxy) is 1. The maximum Gasteiger partial charge on any atom is 0.258 e. The topological polar surface area (TPSA) is 118 Å². The van der Waals surface area contributed by atoms with E-state index in [0.717, 1.165) is 6.26 Å². The molecule has 29 heavy (non-hydrogen) atoms. The summed E-state index contributed by atoms with van der Waals surface area (Å²) < 4.78 is 29.0. The van der Waals surface area contributed by atoms with E-state index in [1.165, 1.54) is 19.2 Å². The normalized spacial score (nSPS) is 15.9. The van der Waals surface area contributed by atoms with Crippen molar-refractivity contribution in [1.29, 1.82) is 0 Å². The van der Waals surface area contributed by atoms with Crippen molar-refractivity contribution < 1.29 is 22.7 Å². The summed E-state index contributed by atoms with van der Waals surface area (Å²) in [5.41, 5.74) is 1.94. The smallest absolute Gasteiger partial charge is 0.258 e. The lowest BCUT2D eigenvalue weighted by Crippen LogP contribution is -2.48. The standard InChI is InChI=1S/C20H19N3O5S/c1-20(2)13-9-15-14(8-12(13)18(24)23-19(20)25)21-17(22-15)11-6-5-10(29(4,26)27)7-16(11)28-3/h5-9H,1-4H3,(H,21,22)(H,23,24,25). The van der Waals surface area contributed by atoms with Gasteiger partial charge in [-0.1, -0.05) is 0 Å². The average Bonchev–Trinajstić information content (AvgIpc) is 3.07. The number of H-pyrrole nitrogens is 1. The highest BCUT2D eigenvalue weighted by Crippen LogP contribution is 2.36. The van der Waals surface area contributed by atoms with Gasteiger partial charge in [0.05, 0.1) is 34.0 Å². The zero-order valence-electron chi connectivity index (χ0n) is 16.3. The molecule has 2 N–H and O–H groups in total. The van der Waals surface area contributed by atoms with Crippen molar-refractivity contribution in [1.82, 2.24) is 15.3 Å². The summed E-state index contributed by atoms with van der Waals surface area (Å²) in [5.74, 6) is 0.00627. The molecule has 1 aliphatic heterocycles. The molecule has 2 heterocycles. The molecule has 150 valence electrons. The van der Waals surface area contributed by atoms with Gasteiger partial charge in [0.15, 0.2) is 9.84 Å². The third kappa shape index (κ3) is 2.98. The van der Waals surface area contributed by atoms with Crippen LogP contribution in [0.15, 0.2) is 35.2 Å². The number of sulfone groups is 1. The number of methoxy groups -OCH3 is 1. The van der Waals surface area contributed by atoms with Crippen LogP contribution in [0.25, 0.3) is 22.4 Å². The number of hydrogen-bond acceptors (Lipinski definition) is 6. The number of nitrogens with one attached hydrogen (secondary N) is 2. The van der Waals surface area contributed by atoms with Gasteiger partial charge in [-0.3, -0.25) is 14.9 Å². The van der Waals surface area contributed by atoms with Crippen molar-refractivity contribution in [3.8, 4) is 17.1 Å². The number of amides is 2. The SMILES string of the molecule is COc1cc(S(C)(=O)=O)ccc1-c1nc2cc3c(cc2[nH]1)C(C)(C)C(=O)NC3=O. The lowest BCUT2D eigenvalue weighted by Gasteiger charge is -2.30. The Morgan fingerprint density at radius 2 is 1.79 bits per heavy atom. The third-order valence-electron chi connectivity index (χ3n) is 5.19. The first-order valence-electron chi connectivity index (χ1n) is 8.81. The molecule has 0 saturated carbocycles. The van der Waals surface area contributed by atoms with Gasteiger partial charge in [0, 0.05) is 11.8 Å². The highest BCUT2D eigenvalue weighted by atomic mass is 32.2. The minimum atomic E-state index is -3.38. The summed E-state index contributed by atoms with van der Waals surface area (Å²) in [6.07, 6.45) is 1.13. The van der Waals surface area contributed by atoms with Crippen molar-refractivity contribution in [2.24, 2.45) is 0 Å². The molecule has 3 aromatic rings. The van der Waals surface area contributed by atoms with E-state index in [4.69, 9.17) is 4.74 Å². The molecule has 0 spiro atoms. The number of rotatable bonds is 3. The molecule has 0 atom stereocenters. The van der Waals surface area contributed by atoms with Crippen LogP contribution in [0.1, 0.15) is 29.8 Å². The van der Waals surface area contributed by atoms with Crippen LogP contribution in [0.5, 0.6) is 5.75 Å². The van der Waals surface area contributed by atoms with Gasteiger partial charge >= 0.3 is 0 Å². The molecule has 0 unspecified atom stereocenters. The molecule has 2 aromatic carbocycles. The van der Waals surface area contributed by atoms with Crippen LogP contribution < -0.4 is 10.1 Å². The molecule has 1 aliphatic rings. The maximum atomic E-state index is 12.3. The van der Waals surface area contributed by atoms with Crippen LogP contribution in [0.4, 0.5) is 0 Å². The number of fused-ring (bicyclic) bond motifs is 2. The fourth-order valence-corrected chi connectivity index (χ4v) is 4.07. The number of nitrogens with zero attached hydrogens (tertiary/aromatic N) is 1. The van der Waals surface area contributed by atoms with Gasteiger partial charge in [-0.15, -0.1) is 0 Å². The average molecular weight is 413 g/mol. The molecule has 0 aliphatic carbocycles. The Balaban J connectivity index is 1.90. The Morgan fingerprint density at radius 1 is 1.07 bits per heavy atom. The van der Waals surface area contributed by atoms with E-state index in [2.05, 4.69) is 15.3 Å². The van der Waals surface area contributed by atoms with Gasteiger partial charge in [0.25, 0.3) is 5.91 Å². The van der Waals surface area contributed by atoms with Crippen molar-refractivity contribution in [3.63, 3.8) is 0 Å². The van der Waals surface area contributed by atoms with Crippen LogP contribution in [0, 0.1) is 0 Å². The Bertz CT molecular complexity index is 1310. The zero-order valence-corrected chi connectivity index (χ0v) is 17.1. The molecule has 8 nitrogen and oxygen atoms in total. The monoisotopic (exact) mass is 413 g/mol. The second-order valence-electron chi connectivity index (χ2n) is 7.54. The minimum Gasteiger partial charge on any atom is -0.496 e. The van der Waals surface area contributed by atoms with Gasteiger partial charge < -0.3 is 9.72 Å². The van der Waals surface area contributed by atoms with E-state index >= 15 is 0 Å². The van der Waals surface area contributed by atoms with E-state index in [1.54, 1.807) is 32.0 Å². The first kappa shape index (κ1) is 19.1. The summed E-state index contributed by atoms with van der Waals surface area (Å²) >= 11 is 0. The second-order valence-corrected chi connectivity index (χ2v) is 9.56. The van der Waals surface area contributed by atoms with Crippen LogP contribution in [0.2, 0.25) is 0 Å². The summed E-state index contributed by atoms with van der Waals surface area (Å²) in [6.45, 7) is 3.51. The Kier molecular flexibility index (Phi) is 4.06. The van der Waals surface area contributed by atoms with E-state index in [-0.39, 0.29) is 10.8 Å². The van der Waals surface area contributed by atoms with Gasteiger partial charge in [-0.25, -0.2) is 13.4 Å². The highest BCUT2D eigenvalue weighted by Gasteiger charge is 2.39. The largest absolute Gasteiger partial charge is 0.496 e. The van der Waals surface area contributed by atoms with Crippen LogP contribution >= 0.6 is 0 Å². The molecule has 1 aromatic heterocycles. The molecule has 0 fully saturated rings. The number of aromatic amines is 1. The van der Waals surface area contributed by atoms with E-state index in [1.807, 2.05) is 0 Å². The number of aromatic nitrogens is 2. The van der Waals surface area contributed by atoms with Gasteiger partial charge in [0.2, 0.25) is 5.91 Å². The fourth-order valence-electron chi connectivity index (χ4n) is 3.44. The van der Waals surface area contributed by atoms with Gasteiger partial charge in [-0.05, 0) is 49.7 Å². The molecule has 0 radical (unpaired) electrons. The lowest BCUT2D eigenvalue weighted by atomic mass is 9.78. The van der Waals surface area contributed by atoms with Crippen LogP contribution in [-0.4, -0.2) is 43.6 Å². The number of imidazole rings is 1. The number of hydrogen-bond donors (Lipinski definition) is 2. The number of benzene rings is 2. The second kappa shape index (κ2) is 6.15.